The van der Waals surface area contributed by atoms with Crippen LogP contribution in [0.5, 0.6) is 0 Å². The largest absolute Gasteiger partial charge is 0.342 e. The van der Waals surface area contributed by atoms with E-state index < -0.39 is 5.69 Å². The van der Waals surface area contributed by atoms with E-state index in [4.69, 9.17) is 0 Å². The van der Waals surface area contributed by atoms with Gasteiger partial charge in [-0.2, -0.15) is 0 Å². The van der Waals surface area contributed by atoms with Crippen LogP contribution in [-0.4, -0.2) is 38.0 Å². The Labute approximate surface area is 172 Å². The predicted octanol–water partition coefficient (Wildman–Crippen LogP) is 1.72. The summed E-state index contributed by atoms with van der Waals surface area (Å²) in [4.78, 5) is 43.8. The van der Waals surface area contributed by atoms with Gasteiger partial charge >= 0.3 is 5.69 Å². The molecule has 0 saturated carbocycles. The molecule has 3 heterocycles. The number of hydrogen-bond acceptors (Lipinski definition) is 4. The van der Waals surface area contributed by atoms with Gasteiger partial charge in [0.05, 0.1) is 11.8 Å². The summed E-state index contributed by atoms with van der Waals surface area (Å²) in [6.45, 7) is 1.19. The Bertz CT molecular complexity index is 1230. The number of nitrogens with zero attached hydrogens (tertiary/aromatic N) is 4. The lowest BCUT2D eigenvalue weighted by Crippen LogP contribution is -2.40. The highest BCUT2D eigenvalue weighted by Crippen LogP contribution is 2.27. The standard InChI is InChI=1S/C22H23FN4O3/c1-25-20-17(21(29)26(2)22(25)30)9-10-18(24-20)15-4-3-11-27(13-15)19(28)12-14-5-7-16(23)8-6-14/h5-10,15H,3-4,11-13H2,1-2H3/t15-/m1/s1. The van der Waals surface area contributed by atoms with Gasteiger partial charge in [-0.05, 0) is 42.7 Å². The minimum atomic E-state index is -0.420. The number of carbonyl (C=O) groups is 1. The highest BCUT2D eigenvalue weighted by molar-refractivity contribution is 5.79. The van der Waals surface area contributed by atoms with Gasteiger partial charge in [0.1, 0.15) is 11.5 Å². The number of piperidine rings is 1. The fourth-order valence-corrected chi connectivity index (χ4v) is 4.03. The molecule has 0 bridgehead atoms. The van der Waals surface area contributed by atoms with E-state index in [9.17, 15) is 18.8 Å². The maximum Gasteiger partial charge on any atom is 0.332 e. The number of fused-ring (bicyclic) bond motifs is 1. The second kappa shape index (κ2) is 7.85. The van der Waals surface area contributed by atoms with Crippen LogP contribution in [0.4, 0.5) is 4.39 Å². The van der Waals surface area contributed by atoms with Crippen LogP contribution in [0.2, 0.25) is 0 Å². The molecule has 1 amide bonds. The van der Waals surface area contributed by atoms with Gasteiger partial charge in [-0.1, -0.05) is 12.1 Å². The number of hydrogen-bond donors (Lipinski definition) is 0. The van der Waals surface area contributed by atoms with Crippen molar-refractivity contribution in [3.05, 3.63) is 74.3 Å². The lowest BCUT2D eigenvalue weighted by molar-refractivity contribution is -0.131. The smallest absolute Gasteiger partial charge is 0.332 e. The molecule has 0 aliphatic carbocycles. The summed E-state index contributed by atoms with van der Waals surface area (Å²) in [5.41, 5.74) is 1.11. The van der Waals surface area contributed by atoms with Crippen LogP contribution in [0.25, 0.3) is 11.0 Å². The third-order valence-electron chi connectivity index (χ3n) is 5.78. The van der Waals surface area contributed by atoms with Crippen molar-refractivity contribution in [1.29, 1.82) is 0 Å². The average Bonchev–Trinajstić information content (AvgIpc) is 2.77. The molecule has 0 radical (unpaired) electrons. The van der Waals surface area contributed by atoms with Crippen molar-refractivity contribution in [1.82, 2.24) is 19.0 Å². The van der Waals surface area contributed by atoms with Gasteiger partial charge in [-0.15, -0.1) is 0 Å². The first-order valence-corrected chi connectivity index (χ1v) is 9.94. The zero-order chi connectivity index (χ0) is 21.4. The van der Waals surface area contributed by atoms with Gasteiger partial charge in [0.2, 0.25) is 5.91 Å². The molecule has 1 saturated heterocycles. The maximum absolute atomic E-state index is 13.1. The minimum absolute atomic E-state index is 0.00614. The van der Waals surface area contributed by atoms with Crippen LogP contribution in [0.3, 0.4) is 0 Å². The van der Waals surface area contributed by atoms with Gasteiger partial charge < -0.3 is 4.90 Å². The molecule has 0 unspecified atom stereocenters. The number of pyridine rings is 1. The Morgan fingerprint density at radius 1 is 1.10 bits per heavy atom. The van der Waals surface area contributed by atoms with Gasteiger partial charge in [0.15, 0.2) is 0 Å². The van der Waals surface area contributed by atoms with Gasteiger partial charge in [-0.3, -0.25) is 18.7 Å². The number of amides is 1. The third kappa shape index (κ3) is 3.65. The summed E-state index contributed by atoms with van der Waals surface area (Å²) in [7, 11) is 3.05. The van der Waals surface area contributed by atoms with Crippen LogP contribution in [0.1, 0.15) is 30.0 Å². The van der Waals surface area contributed by atoms with E-state index in [1.807, 2.05) is 11.0 Å². The molecular formula is C22H23FN4O3. The minimum Gasteiger partial charge on any atom is -0.342 e. The van der Waals surface area contributed by atoms with Crippen molar-refractivity contribution in [3.63, 3.8) is 0 Å². The van der Waals surface area contributed by atoms with E-state index in [2.05, 4.69) is 4.98 Å². The van der Waals surface area contributed by atoms with E-state index in [0.29, 0.717) is 24.1 Å². The Morgan fingerprint density at radius 2 is 1.83 bits per heavy atom. The third-order valence-corrected chi connectivity index (χ3v) is 5.78. The Morgan fingerprint density at radius 3 is 2.57 bits per heavy atom. The van der Waals surface area contributed by atoms with E-state index >= 15 is 0 Å². The number of halogens is 1. The molecule has 7 nitrogen and oxygen atoms in total. The van der Waals surface area contributed by atoms with Crippen LogP contribution in [0.15, 0.2) is 46.0 Å². The molecule has 2 aromatic heterocycles. The van der Waals surface area contributed by atoms with Crippen LogP contribution in [0, 0.1) is 5.82 Å². The lowest BCUT2D eigenvalue weighted by Gasteiger charge is -2.32. The highest BCUT2D eigenvalue weighted by Gasteiger charge is 2.26. The molecule has 0 spiro atoms. The molecule has 3 aromatic rings. The Balaban J connectivity index is 1.57. The molecule has 0 N–H and O–H groups in total. The topological polar surface area (TPSA) is 77.2 Å². The quantitative estimate of drug-likeness (QED) is 0.659. The number of aryl methyl sites for hydroxylation is 1. The molecule has 8 heteroatoms. The monoisotopic (exact) mass is 410 g/mol. The summed E-state index contributed by atoms with van der Waals surface area (Å²) in [5.74, 6) is -0.302. The Kier molecular flexibility index (Phi) is 5.24. The molecule has 4 rings (SSSR count). The average molecular weight is 410 g/mol. The van der Waals surface area contributed by atoms with Crippen molar-refractivity contribution in [2.45, 2.75) is 25.2 Å². The molecule has 1 atom stereocenters. The second-order valence-corrected chi connectivity index (χ2v) is 7.80. The van der Waals surface area contributed by atoms with Crippen molar-refractivity contribution in [3.8, 4) is 0 Å². The van der Waals surface area contributed by atoms with Crippen molar-refractivity contribution < 1.29 is 9.18 Å². The number of aromatic nitrogens is 3. The summed E-state index contributed by atoms with van der Waals surface area (Å²) < 4.78 is 15.5. The predicted molar refractivity (Wildman–Crippen MR) is 111 cm³/mol. The van der Waals surface area contributed by atoms with E-state index in [0.717, 1.165) is 28.7 Å². The van der Waals surface area contributed by atoms with Crippen LogP contribution in [-0.2, 0) is 25.3 Å². The van der Waals surface area contributed by atoms with Crippen molar-refractivity contribution >= 4 is 16.9 Å². The Hall–Kier alpha value is -3.29. The van der Waals surface area contributed by atoms with Crippen LogP contribution >= 0.6 is 0 Å². The lowest BCUT2D eigenvalue weighted by atomic mass is 9.93. The summed E-state index contributed by atoms with van der Waals surface area (Å²) >= 11 is 0. The van der Waals surface area contributed by atoms with E-state index in [1.165, 1.54) is 23.7 Å². The van der Waals surface area contributed by atoms with Gasteiger partial charge in [0, 0.05) is 38.8 Å². The molecule has 30 heavy (non-hydrogen) atoms. The summed E-state index contributed by atoms with van der Waals surface area (Å²) in [5, 5.41) is 0.392. The van der Waals surface area contributed by atoms with Crippen LogP contribution < -0.4 is 11.2 Å². The SMILES string of the molecule is Cn1c(=O)c2ccc([C@@H]3CCCN(C(=O)Cc4ccc(F)cc4)C3)nc2n(C)c1=O. The molecule has 156 valence electrons. The molecule has 1 fully saturated rings. The van der Waals surface area contributed by atoms with Gasteiger partial charge in [0.25, 0.3) is 5.56 Å². The molecule has 1 aromatic carbocycles. The highest BCUT2D eigenvalue weighted by atomic mass is 19.1. The first-order chi connectivity index (χ1) is 14.3. The summed E-state index contributed by atoms with van der Waals surface area (Å²) in [6.07, 6.45) is 1.94. The number of benzene rings is 1. The molecule has 1 aliphatic heterocycles. The normalized spacial score (nSPS) is 16.8. The molecular weight excluding hydrogens is 387 g/mol. The fourth-order valence-electron chi connectivity index (χ4n) is 4.03. The molecule has 1 aliphatic rings. The van der Waals surface area contributed by atoms with E-state index in [1.54, 1.807) is 25.2 Å². The van der Waals surface area contributed by atoms with Gasteiger partial charge in [-0.25, -0.2) is 14.2 Å². The summed E-state index contributed by atoms with van der Waals surface area (Å²) in [6, 6.07) is 9.48. The maximum atomic E-state index is 13.1. The zero-order valence-corrected chi connectivity index (χ0v) is 17.0. The zero-order valence-electron chi connectivity index (χ0n) is 17.0. The number of likely N-dealkylation sites (tertiary alicyclic amines) is 1. The van der Waals surface area contributed by atoms with Crippen molar-refractivity contribution in [2.24, 2.45) is 14.1 Å². The number of rotatable bonds is 3. The van der Waals surface area contributed by atoms with Crippen molar-refractivity contribution in [2.75, 3.05) is 13.1 Å². The van der Waals surface area contributed by atoms with E-state index in [-0.39, 0.29) is 29.6 Å². The first kappa shape index (κ1) is 20.0. The number of carbonyl (C=O) groups excluding carboxylic acids is 1. The first-order valence-electron chi connectivity index (χ1n) is 9.94. The second-order valence-electron chi connectivity index (χ2n) is 7.80. The fraction of sp³-hybridized carbons (Fsp3) is 0.364.